The molecule has 2 aliphatic rings. The second-order valence-corrected chi connectivity index (χ2v) is 8.36. The van der Waals surface area contributed by atoms with Crippen LogP contribution in [0.3, 0.4) is 0 Å². The predicted octanol–water partition coefficient (Wildman–Crippen LogP) is -2.07. The van der Waals surface area contributed by atoms with E-state index in [0.717, 1.165) is 5.56 Å². The average Bonchev–Trinajstić information content (AvgIpc) is 2.93. The maximum absolute atomic E-state index is 12.3. The molecule has 2 atom stereocenters. The molecule has 28 heavy (non-hydrogen) atoms. The summed E-state index contributed by atoms with van der Waals surface area (Å²) in [7, 11) is 0. The van der Waals surface area contributed by atoms with Crippen LogP contribution in [0.5, 0.6) is 0 Å². The van der Waals surface area contributed by atoms with Crippen LogP contribution in [-0.4, -0.2) is 41.0 Å². The minimum absolute atomic E-state index is 0. The number of thioether (sulfide) groups is 1. The van der Waals surface area contributed by atoms with Crippen molar-refractivity contribution in [2.24, 2.45) is 11.8 Å². The number of rotatable bonds is 8. The summed E-state index contributed by atoms with van der Waals surface area (Å²) in [5.41, 5.74) is 0.963. The Morgan fingerprint density at radius 1 is 1.29 bits per heavy atom. The first-order valence-electron chi connectivity index (χ1n) is 9.11. The van der Waals surface area contributed by atoms with E-state index in [-0.39, 0.29) is 64.9 Å². The third-order valence-corrected chi connectivity index (χ3v) is 6.10. The van der Waals surface area contributed by atoms with Crippen LogP contribution in [0.25, 0.3) is 0 Å². The van der Waals surface area contributed by atoms with E-state index in [2.05, 4.69) is 5.32 Å². The van der Waals surface area contributed by atoms with Gasteiger partial charge in [-0.3, -0.25) is 9.59 Å². The fraction of sp³-hybridized carbons (Fsp3) is 0.450. The summed E-state index contributed by atoms with van der Waals surface area (Å²) in [6.07, 6.45) is 0.874. The summed E-state index contributed by atoms with van der Waals surface area (Å²) in [5, 5.41) is 14.4. The van der Waals surface area contributed by atoms with Crippen molar-refractivity contribution >= 4 is 29.5 Å². The van der Waals surface area contributed by atoms with Gasteiger partial charge in [0.25, 0.3) is 0 Å². The van der Waals surface area contributed by atoms with Gasteiger partial charge in [0, 0.05) is 23.6 Å². The molecule has 1 fully saturated rings. The molecule has 2 heterocycles. The molecule has 2 unspecified atom stereocenters. The summed E-state index contributed by atoms with van der Waals surface area (Å²) in [6, 6.07) is 9.41. The Morgan fingerprint density at radius 2 is 1.96 bits per heavy atom. The van der Waals surface area contributed by atoms with E-state index in [1.807, 2.05) is 44.2 Å². The third-order valence-electron chi connectivity index (χ3n) is 4.99. The van der Waals surface area contributed by atoms with Crippen LogP contribution in [0, 0.1) is 11.8 Å². The smallest absolute Gasteiger partial charge is 0.543 e. The van der Waals surface area contributed by atoms with Gasteiger partial charge in [-0.15, -0.1) is 11.8 Å². The van der Waals surface area contributed by atoms with E-state index in [1.165, 1.54) is 16.7 Å². The van der Waals surface area contributed by atoms with Gasteiger partial charge in [-0.05, 0) is 11.5 Å². The van der Waals surface area contributed by atoms with E-state index in [1.54, 1.807) is 0 Å². The Balaban J connectivity index is 0.00000280. The number of nitrogens with zero attached hydrogens (tertiary/aromatic N) is 1. The Kier molecular flexibility index (Phi) is 8.18. The average molecular weight is 410 g/mol. The first kappa shape index (κ1) is 23.0. The van der Waals surface area contributed by atoms with Gasteiger partial charge >= 0.3 is 29.6 Å². The summed E-state index contributed by atoms with van der Waals surface area (Å²) in [4.78, 5) is 37.8. The Morgan fingerprint density at radius 3 is 2.57 bits per heavy atom. The number of carbonyl (C=O) groups is 3. The molecule has 1 saturated heterocycles. The second kappa shape index (κ2) is 9.96. The molecule has 0 spiro atoms. The Bertz CT molecular complexity index is 782. The number of aliphatic carboxylic acids is 1. The topological polar surface area (TPSA) is 89.5 Å². The van der Waals surface area contributed by atoms with Crippen LogP contribution < -0.4 is 40.0 Å². The summed E-state index contributed by atoms with van der Waals surface area (Å²) < 4.78 is 0. The molecule has 1 aromatic rings. The first-order chi connectivity index (χ1) is 12.9. The number of hydrogen-bond acceptors (Lipinski definition) is 5. The first-order valence-corrected chi connectivity index (χ1v) is 10.1. The van der Waals surface area contributed by atoms with Crippen molar-refractivity contribution in [1.82, 2.24) is 10.2 Å². The minimum atomic E-state index is -1.30. The zero-order chi connectivity index (χ0) is 19.6. The third kappa shape index (κ3) is 4.82. The van der Waals surface area contributed by atoms with Gasteiger partial charge in [0.05, 0.1) is 30.0 Å². The van der Waals surface area contributed by atoms with Crippen molar-refractivity contribution in [3.8, 4) is 0 Å². The SMILES string of the molecule is CC(C)C1C(=O)N2C(C(=O)[O-])=C(SCCNC(=O)Cc3ccccc3)CC12.[Na+]. The molecule has 0 saturated carbocycles. The molecule has 144 valence electrons. The maximum Gasteiger partial charge on any atom is 1.00 e. The van der Waals surface area contributed by atoms with Gasteiger partial charge in [0.2, 0.25) is 11.8 Å². The Hall–Kier alpha value is -1.28. The molecule has 6 nitrogen and oxygen atoms in total. The van der Waals surface area contributed by atoms with Crippen LogP contribution in [0.1, 0.15) is 25.8 Å². The van der Waals surface area contributed by atoms with E-state index in [4.69, 9.17) is 0 Å². The van der Waals surface area contributed by atoms with Crippen LogP contribution in [0.2, 0.25) is 0 Å². The summed E-state index contributed by atoms with van der Waals surface area (Å²) in [5.74, 6) is -0.884. The zero-order valence-electron chi connectivity index (χ0n) is 16.4. The van der Waals surface area contributed by atoms with Crippen molar-refractivity contribution < 1.29 is 49.0 Å². The number of carbonyl (C=O) groups excluding carboxylic acids is 3. The minimum Gasteiger partial charge on any atom is -0.543 e. The molecular weight excluding hydrogens is 387 g/mol. The molecule has 2 amide bonds. The number of amides is 2. The number of fused-ring (bicyclic) bond motifs is 1. The van der Waals surface area contributed by atoms with Crippen molar-refractivity contribution in [2.75, 3.05) is 12.3 Å². The number of benzene rings is 1. The molecular formula is C20H23N2NaO4S. The van der Waals surface area contributed by atoms with Crippen molar-refractivity contribution in [1.29, 1.82) is 0 Å². The molecule has 0 radical (unpaired) electrons. The van der Waals surface area contributed by atoms with E-state index in [9.17, 15) is 19.5 Å². The Labute approximate surface area is 191 Å². The molecule has 0 aromatic heterocycles. The van der Waals surface area contributed by atoms with E-state index >= 15 is 0 Å². The largest absolute Gasteiger partial charge is 1.00 e. The summed E-state index contributed by atoms with van der Waals surface area (Å²) >= 11 is 1.38. The van der Waals surface area contributed by atoms with Gasteiger partial charge < -0.3 is 20.1 Å². The normalized spacial score (nSPS) is 20.5. The molecule has 1 aromatic carbocycles. The molecule has 3 rings (SSSR count). The fourth-order valence-corrected chi connectivity index (χ4v) is 4.82. The zero-order valence-corrected chi connectivity index (χ0v) is 19.3. The van der Waals surface area contributed by atoms with Crippen molar-refractivity contribution in [2.45, 2.75) is 32.7 Å². The fourth-order valence-electron chi connectivity index (χ4n) is 3.76. The second-order valence-electron chi connectivity index (χ2n) is 7.17. The molecule has 8 heteroatoms. The number of β-lactam (4-membered cyclic amide) rings is 1. The maximum atomic E-state index is 12.3. The molecule has 0 aliphatic carbocycles. The molecule has 1 N–H and O–H groups in total. The van der Waals surface area contributed by atoms with Crippen LogP contribution in [-0.2, 0) is 20.8 Å². The number of carboxylic acids is 1. The number of nitrogens with one attached hydrogen (secondary N) is 1. The standard InChI is InChI=1S/C20H24N2O4S.Na/c1-12(2)17-14-11-15(18(20(25)26)22(14)19(17)24)27-9-8-21-16(23)10-13-6-4-3-5-7-13;/h3-7,12,14,17H,8-11H2,1-2H3,(H,21,23)(H,25,26);/q;+1/p-1. The quantitative estimate of drug-likeness (QED) is 0.302. The van der Waals surface area contributed by atoms with Crippen LogP contribution in [0.4, 0.5) is 0 Å². The van der Waals surface area contributed by atoms with Crippen LogP contribution in [0.15, 0.2) is 40.9 Å². The summed E-state index contributed by atoms with van der Waals surface area (Å²) in [6.45, 7) is 4.39. The van der Waals surface area contributed by atoms with Gasteiger partial charge in [-0.2, -0.15) is 0 Å². The number of hydrogen-bond donors (Lipinski definition) is 1. The van der Waals surface area contributed by atoms with E-state index in [0.29, 0.717) is 30.0 Å². The molecule has 0 bridgehead atoms. The van der Waals surface area contributed by atoms with Gasteiger partial charge in [-0.1, -0.05) is 44.2 Å². The van der Waals surface area contributed by atoms with E-state index < -0.39 is 5.97 Å². The van der Waals surface area contributed by atoms with Gasteiger partial charge in [-0.25, -0.2) is 0 Å². The van der Waals surface area contributed by atoms with Gasteiger partial charge in [0.15, 0.2) is 0 Å². The van der Waals surface area contributed by atoms with Crippen molar-refractivity contribution in [3.05, 3.63) is 46.5 Å². The van der Waals surface area contributed by atoms with Crippen LogP contribution >= 0.6 is 11.8 Å². The predicted molar refractivity (Wildman–Crippen MR) is 101 cm³/mol. The number of carboxylic acid groups (broad SMARTS) is 1. The monoisotopic (exact) mass is 410 g/mol. The molecule has 2 aliphatic heterocycles. The van der Waals surface area contributed by atoms with Gasteiger partial charge in [0.1, 0.15) is 0 Å². The van der Waals surface area contributed by atoms with Crippen molar-refractivity contribution in [3.63, 3.8) is 0 Å².